The summed E-state index contributed by atoms with van der Waals surface area (Å²) in [5.41, 5.74) is 0.745. The molecule has 2 heteroatoms. The van der Waals surface area contributed by atoms with Gasteiger partial charge in [0, 0.05) is 6.42 Å². The Morgan fingerprint density at radius 2 is 2.17 bits per heavy atom. The van der Waals surface area contributed by atoms with Crippen LogP contribution in [0.1, 0.15) is 41.6 Å². The van der Waals surface area contributed by atoms with Crippen molar-refractivity contribution in [3.05, 3.63) is 23.2 Å². The van der Waals surface area contributed by atoms with Gasteiger partial charge in [0.15, 0.2) is 5.78 Å². The van der Waals surface area contributed by atoms with Crippen molar-refractivity contribution in [3.63, 3.8) is 0 Å². The number of ketones is 1. The lowest BCUT2D eigenvalue weighted by molar-refractivity contribution is 0.0980. The quantitative estimate of drug-likeness (QED) is 0.646. The Balaban J connectivity index is 2.87. The van der Waals surface area contributed by atoms with Gasteiger partial charge in [-0.1, -0.05) is 6.92 Å². The lowest BCUT2D eigenvalue weighted by atomic mass is 10.1. The molecule has 0 aliphatic rings. The fourth-order valence-electron chi connectivity index (χ4n) is 1.27. The number of furan rings is 1. The first-order valence-electron chi connectivity index (χ1n) is 4.25. The first-order chi connectivity index (χ1) is 5.65. The average Bonchev–Trinajstić information content (AvgIpc) is 2.30. The van der Waals surface area contributed by atoms with Gasteiger partial charge in [0.1, 0.15) is 11.5 Å². The highest BCUT2D eigenvalue weighted by Gasteiger charge is 2.11. The van der Waals surface area contributed by atoms with E-state index in [2.05, 4.69) is 0 Å². The first kappa shape index (κ1) is 9.04. The van der Waals surface area contributed by atoms with Crippen molar-refractivity contribution >= 4 is 5.78 Å². The molecule has 0 saturated carbocycles. The Labute approximate surface area is 72.6 Å². The van der Waals surface area contributed by atoms with Crippen LogP contribution in [0.2, 0.25) is 0 Å². The van der Waals surface area contributed by atoms with Gasteiger partial charge < -0.3 is 4.42 Å². The van der Waals surface area contributed by atoms with Gasteiger partial charge in [-0.05, 0) is 26.3 Å². The largest absolute Gasteiger partial charge is 0.466 e. The molecule has 0 fully saturated rings. The molecule has 0 amide bonds. The van der Waals surface area contributed by atoms with E-state index in [4.69, 9.17) is 4.42 Å². The SMILES string of the molecule is CCCC(=O)c1cc(C)oc1C. The Bertz CT molecular complexity index is 284. The highest BCUT2D eigenvalue weighted by atomic mass is 16.3. The van der Waals surface area contributed by atoms with E-state index in [9.17, 15) is 4.79 Å². The number of rotatable bonds is 3. The molecule has 0 spiro atoms. The van der Waals surface area contributed by atoms with E-state index in [1.807, 2.05) is 26.8 Å². The van der Waals surface area contributed by atoms with Gasteiger partial charge >= 0.3 is 0 Å². The molecular weight excluding hydrogens is 152 g/mol. The maximum atomic E-state index is 11.4. The molecule has 0 aliphatic heterocycles. The zero-order valence-electron chi connectivity index (χ0n) is 7.81. The minimum absolute atomic E-state index is 0.187. The van der Waals surface area contributed by atoms with Gasteiger partial charge in [-0.3, -0.25) is 4.79 Å². The van der Waals surface area contributed by atoms with Crippen molar-refractivity contribution < 1.29 is 9.21 Å². The molecular formula is C10H14O2. The summed E-state index contributed by atoms with van der Waals surface area (Å²) in [4.78, 5) is 11.4. The van der Waals surface area contributed by atoms with Crippen LogP contribution in [-0.4, -0.2) is 5.78 Å². The number of aryl methyl sites for hydroxylation is 2. The monoisotopic (exact) mass is 166 g/mol. The number of carbonyl (C=O) groups excluding carboxylic acids is 1. The van der Waals surface area contributed by atoms with Crippen molar-refractivity contribution in [2.24, 2.45) is 0 Å². The fourth-order valence-corrected chi connectivity index (χ4v) is 1.27. The van der Waals surface area contributed by atoms with Crippen LogP contribution in [0, 0.1) is 13.8 Å². The minimum atomic E-state index is 0.187. The normalized spacial score (nSPS) is 10.2. The molecule has 0 unspecified atom stereocenters. The lowest BCUT2D eigenvalue weighted by Gasteiger charge is -1.94. The molecule has 1 aromatic heterocycles. The highest BCUT2D eigenvalue weighted by Crippen LogP contribution is 2.15. The third kappa shape index (κ3) is 1.76. The van der Waals surface area contributed by atoms with Gasteiger partial charge in [0.2, 0.25) is 0 Å². The van der Waals surface area contributed by atoms with E-state index in [1.165, 1.54) is 0 Å². The molecule has 0 aliphatic carbocycles. The zero-order chi connectivity index (χ0) is 9.14. The second kappa shape index (κ2) is 3.57. The van der Waals surface area contributed by atoms with E-state index in [1.54, 1.807) is 0 Å². The number of Topliss-reactive ketones (excluding diaryl/α,β-unsaturated/α-hetero) is 1. The highest BCUT2D eigenvalue weighted by molar-refractivity contribution is 5.97. The van der Waals surface area contributed by atoms with E-state index in [0.29, 0.717) is 6.42 Å². The molecule has 2 nitrogen and oxygen atoms in total. The molecule has 66 valence electrons. The third-order valence-corrected chi connectivity index (χ3v) is 1.82. The summed E-state index contributed by atoms with van der Waals surface area (Å²) in [6.45, 7) is 5.69. The second-order valence-corrected chi connectivity index (χ2v) is 3.00. The lowest BCUT2D eigenvalue weighted by Crippen LogP contribution is -1.97. The minimum Gasteiger partial charge on any atom is -0.466 e. The summed E-state index contributed by atoms with van der Waals surface area (Å²) in [6, 6.07) is 1.81. The smallest absolute Gasteiger partial charge is 0.166 e. The first-order valence-corrected chi connectivity index (χ1v) is 4.25. The third-order valence-electron chi connectivity index (χ3n) is 1.82. The predicted molar refractivity (Wildman–Crippen MR) is 47.4 cm³/mol. The molecule has 1 heterocycles. The van der Waals surface area contributed by atoms with Crippen molar-refractivity contribution in [3.8, 4) is 0 Å². The average molecular weight is 166 g/mol. The van der Waals surface area contributed by atoms with E-state index in [-0.39, 0.29) is 5.78 Å². The van der Waals surface area contributed by atoms with Crippen molar-refractivity contribution in [1.82, 2.24) is 0 Å². The van der Waals surface area contributed by atoms with Crippen LogP contribution < -0.4 is 0 Å². The van der Waals surface area contributed by atoms with Gasteiger partial charge in [-0.25, -0.2) is 0 Å². The van der Waals surface area contributed by atoms with Crippen LogP contribution in [0.3, 0.4) is 0 Å². The van der Waals surface area contributed by atoms with Crippen LogP contribution in [0.15, 0.2) is 10.5 Å². The summed E-state index contributed by atoms with van der Waals surface area (Å²) in [7, 11) is 0. The summed E-state index contributed by atoms with van der Waals surface area (Å²) >= 11 is 0. The van der Waals surface area contributed by atoms with Crippen LogP contribution >= 0.6 is 0 Å². The van der Waals surface area contributed by atoms with Gasteiger partial charge in [-0.2, -0.15) is 0 Å². The number of hydrogen-bond donors (Lipinski definition) is 0. The Kier molecular flexibility index (Phi) is 2.69. The molecule has 0 saturated heterocycles. The van der Waals surface area contributed by atoms with Gasteiger partial charge in [0.05, 0.1) is 5.56 Å². The molecule has 0 bridgehead atoms. The Morgan fingerprint density at radius 3 is 2.58 bits per heavy atom. The van der Waals surface area contributed by atoms with Crippen molar-refractivity contribution in [2.75, 3.05) is 0 Å². The maximum absolute atomic E-state index is 11.4. The summed E-state index contributed by atoms with van der Waals surface area (Å²) < 4.78 is 5.26. The van der Waals surface area contributed by atoms with Crippen molar-refractivity contribution in [2.45, 2.75) is 33.6 Å². The molecule has 12 heavy (non-hydrogen) atoms. The summed E-state index contributed by atoms with van der Waals surface area (Å²) in [5, 5.41) is 0. The van der Waals surface area contributed by atoms with E-state index < -0.39 is 0 Å². The van der Waals surface area contributed by atoms with Crippen LogP contribution in [0.4, 0.5) is 0 Å². The van der Waals surface area contributed by atoms with E-state index >= 15 is 0 Å². The topological polar surface area (TPSA) is 30.2 Å². The van der Waals surface area contributed by atoms with Crippen LogP contribution in [0.5, 0.6) is 0 Å². The standard InChI is InChI=1S/C10H14O2/c1-4-5-10(11)9-6-7(2)12-8(9)3/h6H,4-5H2,1-3H3. The van der Waals surface area contributed by atoms with E-state index in [0.717, 1.165) is 23.5 Å². The van der Waals surface area contributed by atoms with Gasteiger partial charge in [0.25, 0.3) is 0 Å². The van der Waals surface area contributed by atoms with Crippen molar-refractivity contribution in [1.29, 1.82) is 0 Å². The Hall–Kier alpha value is -1.05. The number of carbonyl (C=O) groups is 1. The van der Waals surface area contributed by atoms with Crippen LogP contribution in [-0.2, 0) is 0 Å². The predicted octanol–water partition coefficient (Wildman–Crippen LogP) is 2.88. The summed E-state index contributed by atoms with van der Waals surface area (Å²) in [6.07, 6.45) is 1.50. The molecule has 0 N–H and O–H groups in total. The number of hydrogen-bond acceptors (Lipinski definition) is 2. The second-order valence-electron chi connectivity index (χ2n) is 3.00. The summed E-state index contributed by atoms with van der Waals surface area (Å²) in [5.74, 6) is 1.74. The van der Waals surface area contributed by atoms with Crippen LogP contribution in [0.25, 0.3) is 0 Å². The molecule has 0 radical (unpaired) electrons. The maximum Gasteiger partial charge on any atom is 0.166 e. The Morgan fingerprint density at radius 1 is 1.50 bits per heavy atom. The molecule has 1 rings (SSSR count). The molecule has 1 aromatic rings. The fraction of sp³-hybridized carbons (Fsp3) is 0.500. The molecule has 0 atom stereocenters. The zero-order valence-corrected chi connectivity index (χ0v) is 7.81. The van der Waals surface area contributed by atoms with Gasteiger partial charge in [-0.15, -0.1) is 0 Å². The molecule has 0 aromatic carbocycles.